The number of carbonyl (C=O) groups excluding carboxylic acids is 1. The Labute approximate surface area is 145 Å². The minimum atomic E-state index is -0.326. The molecule has 5 nitrogen and oxygen atoms in total. The lowest BCUT2D eigenvalue weighted by Gasteiger charge is -2.08. The van der Waals surface area contributed by atoms with Crippen molar-refractivity contribution >= 4 is 29.3 Å². The largest absolute Gasteiger partial charge is 0.507 e. The summed E-state index contributed by atoms with van der Waals surface area (Å²) in [6.07, 6.45) is 1.58. The number of anilines is 2. The molecule has 3 N–H and O–H groups in total. The summed E-state index contributed by atoms with van der Waals surface area (Å²) in [5, 5.41) is 15.3. The number of aromatic hydroxyl groups is 1. The first-order chi connectivity index (χ1) is 12.2. The highest BCUT2D eigenvalue weighted by molar-refractivity contribution is 6.00. The molecule has 0 aliphatic heterocycles. The minimum Gasteiger partial charge on any atom is -0.507 e. The molecule has 0 unspecified atom stereocenters. The lowest BCUT2D eigenvalue weighted by atomic mass is 10.2. The third-order valence-electron chi connectivity index (χ3n) is 3.43. The first-order valence-electron chi connectivity index (χ1n) is 7.76. The number of nitrogens with one attached hydrogen (secondary N) is 2. The van der Waals surface area contributed by atoms with Gasteiger partial charge in [-0.25, -0.2) is 4.79 Å². The summed E-state index contributed by atoms with van der Waals surface area (Å²) in [5.41, 5.74) is 2.64. The van der Waals surface area contributed by atoms with Crippen molar-refractivity contribution in [1.29, 1.82) is 0 Å². The van der Waals surface area contributed by atoms with Crippen LogP contribution in [-0.2, 0) is 0 Å². The fourth-order valence-corrected chi connectivity index (χ4v) is 2.22. The molecule has 3 rings (SSSR count). The van der Waals surface area contributed by atoms with E-state index in [2.05, 4.69) is 15.6 Å². The standard InChI is InChI=1S/C20H17N3O2/c24-19-12-5-4-7-15(19)14-21-17-10-6-11-18(13-17)23-20(25)22-16-8-2-1-3-9-16/h1-14,24H,(H2,22,23,25). The normalized spacial score (nSPS) is 10.6. The summed E-state index contributed by atoms with van der Waals surface area (Å²) in [7, 11) is 0. The van der Waals surface area contributed by atoms with E-state index in [1.54, 1.807) is 42.6 Å². The molecule has 2 amide bonds. The highest BCUT2D eigenvalue weighted by Crippen LogP contribution is 2.20. The van der Waals surface area contributed by atoms with Gasteiger partial charge in [-0.15, -0.1) is 0 Å². The van der Waals surface area contributed by atoms with E-state index in [-0.39, 0.29) is 11.8 Å². The first kappa shape index (κ1) is 16.3. The van der Waals surface area contributed by atoms with Gasteiger partial charge in [-0.1, -0.05) is 36.4 Å². The van der Waals surface area contributed by atoms with Crippen molar-refractivity contribution in [3.05, 3.63) is 84.4 Å². The molecule has 3 aromatic rings. The number of para-hydroxylation sites is 2. The summed E-state index contributed by atoms with van der Waals surface area (Å²) >= 11 is 0. The van der Waals surface area contributed by atoms with E-state index < -0.39 is 0 Å². The average molecular weight is 331 g/mol. The van der Waals surface area contributed by atoms with Crippen LogP contribution < -0.4 is 10.6 Å². The zero-order chi connectivity index (χ0) is 17.5. The summed E-state index contributed by atoms with van der Waals surface area (Å²) in [6, 6.07) is 23.0. The van der Waals surface area contributed by atoms with E-state index in [4.69, 9.17) is 0 Å². The fourth-order valence-electron chi connectivity index (χ4n) is 2.22. The molecule has 0 atom stereocenters. The van der Waals surface area contributed by atoms with Crippen LogP contribution in [0, 0.1) is 0 Å². The molecule has 0 aromatic heterocycles. The zero-order valence-electron chi connectivity index (χ0n) is 13.4. The van der Waals surface area contributed by atoms with Crippen LogP contribution in [-0.4, -0.2) is 17.4 Å². The Morgan fingerprint density at radius 3 is 2.32 bits per heavy atom. The Hall–Kier alpha value is -3.60. The third kappa shape index (κ3) is 4.68. The molecule has 0 radical (unpaired) electrons. The van der Waals surface area contributed by atoms with Crippen molar-refractivity contribution in [2.45, 2.75) is 0 Å². The van der Waals surface area contributed by atoms with Crippen LogP contribution in [0.15, 0.2) is 83.9 Å². The summed E-state index contributed by atoms with van der Waals surface area (Å²) < 4.78 is 0. The zero-order valence-corrected chi connectivity index (χ0v) is 13.4. The maximum absolute atomic E-state index is 12.0. The van der Waals surface area contributed by atoms with Gasteiger partial charge in [0.05, 0.1) is 5.69 Å². The van der Waals surface area contributed by atoms with Crippen LogP contribution in [0.5, 0.6) is 5.75 Å². The number of phenolic OH excluding ortho intramolecular Hbond substituents is 1. The maximum Gasteiger partial charge on any atom is 0.323 e. The van der Waals surface area contributed by atoms with Gasteiger partial charge >= 0.3 is 6.03 Å². The molecule has 25 heavy (non-hydrogen) atoms. The van der Waals surface area contributed by atoms with Crippen LogP contribution in [0.25, 0.3) is 0 Å². The predicted molar refractivity (Wildman–Crippen MR) is 101 cm³/mol. The number of rotatable bonds is 4. The minimum absolute atomic E-state index is 0.169. The molecular weight excluding hydrogens is 314 g/mol. The molecule has 124 valence electrons. The summed E-state index contributed by atoms with van der Waals surface area (Å²) in [6.45, 7) is 0. The van der Waals surface area contributed by atoms with E-state index in [9.17, 15) is 9.90 Å². The molecule has 0 aliphatic carbocycles. The summed E-state index contributed by atoms with van der Waals surface area (Å²) in [4.78, 5) is 16.4. The molecule has 5 heteroatoms. The molecule has 0 aliphatic rings. The molecule has 3 aromatic carbocycles. The molecular formula is C20H17N3O2. The quantitative estimate of drug-likeness (QED) is 0.602. The topological polar surface area (TPSA) is 73.7 Å². The lowest BCUT2D eigenvalue weighted by molar-refractivity contribution is 0.262. The molecule has 0 saturated carbocycles. The Kier molecular flexibility index (Phi) is 5.07. The molecule has 0 spiro atoms. The fraction of sp³-hybridized carbons (Fsp3) is 0. The smallest absolute Gasteiger partial charge is 0.323 e. The maximum atomic E-state index is 12.0. The van der Waals surface area contributed by atoms with Crippen LogP contribution in [0.3, 0.4) is 0 Å². The Balaban J connectivity index is 1.67. The average Bonchev–Trinajstić information content (AvgIpc) is 2.62. The summed E-state index contributed by atoms with van der Waals surface area (Å²) in [5.74, 6) is 0.169. The number of amides is 2. The van der Waals surface area contributed by atoms with Crippen molar-refractivity contribution in [2.24, 2.45) is 4.99 Å². The number of nitrogens with zero attached hydrogens (tertiary/aromatic N) is 1. The van der Waals surface area contributed by atoms with E-state index in [0.717, 1.165) is 0 Å². The first-order valence-corrected chi connectivity index (χ1v) is 7.76. The van der Waals surface area contributed by atoms with Crippen LogP contribution in [0.4, 0.5) is 21.9 Å². The van der Waals surface area contributed by atoms with E-state index >= 15 is 0 Å². The second-order valence-corrected chi connectivity index (χ2v) is 5.31. The van der Waals surface area contributed by atoms with Crippen LogP contribution in [0.2, 0.25) is 0 Å². The molecule has 0 heterocycles. The van der Waals surface area contributed by atoms with Gasteiger partial charge in [-0.05, 0) is 42.5 Å². The van der Waals surface area contributed by atoms with Crippen molar-refractivity contribution in [2.75, 3.05) is 10.6 Å². The second kappa shape index (κ2) is 7.79. The Bertz CT molecular complexity index is 892. The number of hydrogen-bond acceptors (Lipinski definition) is 3. The van der Waals surface area contributed by atoms with Gasteiger partial charge in [0.25, 0.3) is 0 Å². The second-order valence-electron chi connectivity index (χ2n) is 5.31. The molecule has 0 fully saturated rings. The SMILES string of the molecule is O=C(Nc1ccccc1)Nc1cccc(N=Cc2ccccc2O)c1. The Morgan fingerprint density at radius 1 is 0.840 bits per heavy atom. The van der Waals surface area contributed by atoms with Gasteiger partial charge in [0, 0.05) is 23.2 Å². The number of benzene rings is 3. The van der Waals surface area contributed by atoms with Crippen molar-refractivity contribution in [3.63, 3.8) is 0 Å². The number of aliphatic imine (C=N–C) groups is 1. The van der Waals surface area contributed by atoms with Gasteiger partial charge in [0.15, 0.2) is 0 Å². The number of urea groups is 1. The predicted octanol–water partition coefficient (Wildman–Crippen LogP) is 4.79. The third-order valence-corrected chi connectivity index (χ3v) is 3.43. The van der Waals surface area contributed by atoms with Crippen molar-refractivity contribution in [3.8, 4) is 5.75 Å². The van der Waals surface area contributed by atoms with Crippen molar-refractivity contribution in [1.82, 2.24) is 0 Å². The van der Waals surface area contributed by atoms with Crippen LogP contribution >= 0.6 is 0 Å². The Morgan fingerprint density at radius 2 is 1.52 bits per heavy atom. The van der Waals surface area contributed by atoms with Gasteiger partial charge in [0.1, 0.15) is 5.75 Å². The van der Waals surface area contributed by atoms with E-state index in [1.807, 2.05) is 42.5 Å². The van der Waals surface area contributed by atoms with E-state index in [0.29, 0.717) is 22.6 Å². The number of carbonyl (C=O) groups is 1. The van der Waals surface area contributed by atoms with Gasteiger partial charge < -0.3 is 15.7 Å². The van der Waals surface area contributed by atoms with Gasteiger partial charge in [-0.3, -0.25) is 4.99 Å². The number of phenols is 1. The lowest BCUT2D eigenvalue weighted by Crippen LogP contribution is -2.19. The monoisotopic (exact) mass is 331 g/mol. The van der Waals surface area contributed by atoms with E-state index in [1.165, 1.54) is 0 Å². The highest BCUT2D eigenvalue weighted by atomic mass is 16.3. The highest BCUT2D eigenvalue weighted by Gasteiger charge is 2.03. The molecule has 0 bridgehead atoms. The molecule has 0 saturated heterocycles. The van der Waals surface area contributed by atoms with Crippen molar-refractivity contribution < 1.29 is 9.90 Å². The van der Waals surface area contributed by atoms with Crippen LogP contribution in [0.1, 0.15) is 5.56 Å². The number of hydrogen-bond donors (Lipinski definition) is 3. The van der Waals surface area contributed by atoms with Gasteiger partial charge in [0.2, 0.25) is 0 Å². The van der Waals surface area contributed by atoms with Gasteiger partial charge in [-0.2, -0.15) is 0 Å².